The van der Waals surface area contributed by atoms with Gasteiger partial charge in [-0.2, -0.15) is 5.10 Å². The Morgan fingerprint density at radius 1 is 1.33 bits per heavy atom. The molecule has 2 nitrogen and oxygen atoms in total. The maximum Gasteiger partial charge on any atom is 0.121 e. The lowest BCUT2D eigenvalue weighted by atomic mass is 10.1. The van der Waals surface area contributed by atoms with Crippen LogP contribution in [0.1, 0.15) is 5.56 Å². The smallest absolute Gasteiger partial charge is 0.121 e. The van der Waals surface area contributed by atoms with E-state index in [4.69, 9.17) is 0 Å². The highest BCUT2D eigenvalue weighted by Gasteiger charge is 2.04. The van der Waals surface area contributed by atoms with Crippen LogP contribution in [-0.4, -0.2) is 9.78 Å². The van der Waals surface area contributed by atoms with Gasteiger partial charge in [-0.15, -0.1) is 13.2 Å². The predicted molar refractivity (Wildman–Crippen MR) is 62.7 cm³/mol. The van der Waals surface area contributed by atoms with Crippen LogP contribution in [0.2, 0.25) is 0 Å². The van der Waals surface area contributed by atoms with Gasteiger partial charge in [-0.3, -0.25) is 4.68 Å². The van der Waals surface area contributed by atoms with Crippen LogP contribution in [0.25, 0.3) is 10.9 Å². The van der Waals surface area contributed by atoms with Gasteiger partial charge in [0.15, 0.2) is 0 Å². The molecule has 0 spiro atoms. The molecule has 0 saturated carbocycles. The fraction of sp³-hybridized carbons (Fsp3) is 0.154. The molecule has 0 aliphatic carbocycles. The van der Waals surface area contributed by atoms with Gasteiger partial charge in [0.2, 0.25) is 0 Å². The van der Waals surface area contributed by atoms with Crippen molar-refractivity contribution in [2.45, 2.75) is 13.0 Å². The predicted octanol–water partition coefficient (Wildman–Crippen LogP) is 2.75. The molecule has 0 fully saturated rings. The third-order valence-corrected chi connectivity index (χ3v) is 2.36. The number of fused-ring (bicyclic) bond motifs is 1. The third-order valence-electron chi connectivity index (χ3n) is 2.36. The maximum atomic E-state index is 4.21. The van der Waals surface area contributed by atoms with E-state index in [1.165, 1.54) is 5.56 Å². The van der Waals surface area contributed by atoms with Gasteiger partial charge < -0.3 is 0 Å². The summed E-state index contributed by atoms with van der Waals surface area (Å²) in [6.45, 7) is 8.18. The highest BCUT2D eigenvalue weighted by Crippen LogP contribution is 2.18. The molecule has 75 valence electrons. The number of nitrogens with zero attached hydrogens (tertiary/aromatic N) is 2. The number of allylic oxidation sites excluding steroid dienone is 2. The van der Waals surface area contributed by atoms with Crippen LogP contribution >= 0.6 is 0 Å². The number of hydrogen-bond acceptors (Lipinski definition) is 1. The number of benzene rings is 1. The highest BCUT2D eigenvalue weighted by molar-refractivity contribution is 5.81. The maximum absolute atomic E-state index is 4.21. The third kappa shape index (κ3) is 1.71. The van der Waals surface area contributed by atoms with Crippen molar-refractivity contribution in [3.05, 3.63) is 55.3 Å². The molecule has 0 unspecified atom stereocenters. The molecular formula is C13H13N2. The lowest BCUT2D eigenvalue weighted by Crippen LogP contribution is -1.96. The minimum atomic E-state index is 0.720. The van der Waals surface area contributed by atoms with Crippen molar-refractivity contribution >= 4 is 10.9 Å². The molecular weight excluding hydrogens is 184 g/mol. The van der Waals surface area contributed by atoms with Crippen LogP contribution in [0.5, 0.6) is 0 Å². The van der Waals surface area contributed by atoms with E-state index in [1.807, 2.05) is 22.9 Å². The van der Waals surface area contributed by atoms with Crippen LogP contribution in [-0.2, 0) is 13.0 Å². The molecule has 1 aromatic carbocycles. The second-order valence-corrected chi connectivity index (χ2v) is 3.39. The molecule has 0 aliphatic rings. The monoisotopic (exact) mass is 197 g/mol. The molecule has 1 radical (unpaired) electrons. The lowest BCUT2D eigenvalue weighted by Gasteiger charge is -2.01. The molecule has 15 heavy (non-hydrogen) atoms. The zero-order chi connectivity index (χ0) is 10.7. The van der Waals surface area contributed by atoms with Gasteiger partial charge in [-0.25, -0.2) is 0 Å². The Bertz CT molecular complexity index is 494. The summed E-state index contributed by atoms with van der Waals surface area (Å²) in [7, 11) is 0. The Kier molecular flexibility index (Phi) is 2.68. The molecule has 1 heterocycles. The molecule has 2 aromatic rings. The average Bonchev–Trinajstić information content (AvgIpc) is 2.64. The van der Waals surface area contributed by atoms with Crippen molar-refractivity contribution in [2.24, 2.45) is 0 Å². The molecule has 0 aliphatic heterocycles. The number of hydrogen-bond donors (Lipinski definition) is 0. The number of aromatic nitrogens is 2. The Morgan fingerprint density at radius 3 is 2.93 bits per heavy atom. The lowest BCUT2D eigenvalue weighted by molar-refractivity contribution is 0.727. The van der Waals surface area contributed by atoms with Gasteiger partial charge in [-0.1, -0.05) is 24.3 Å². The first-order chi connectivity index (χ1) is 7.36. The standard InChI is InChI=1S/C13H13N2/c1-3-6-11-7-5-8-13-12(11)10-14-15(13)9-4-2/h3-5,7-8H,1-2,6,9H2. The molecule has 0 atom stereocenters. The topological polar surface area (TPSA) is 17.8 Å². The first kappa shape index (κ1) is 9.71. The minimum Gasteiger partial charge on any atom is -0.260 e. The van der Waals surface area contributed by atoms with E-state index in [9.17, 15) is 0 Å². The first-order valence-electron chi connectivity index (χ1n) is 4.94. The molecule has 0 bridgehead atoms. The van der Waals surface area contributed by atoms with Crippen LogP contribution in [0.3, 0.4) is 0 Å². The Morgan fingerprint density at radius 2 is 2.20 bits per heavy atom. The largest absolute Gasteiger partial charge is 0.260 e. The summed E-state index contributed by atoms with van der Waals surface area (Å²) in [5.74, 6) is 0. The minimum absolute atomic E-state index is 0.720. The molecule has 0 saturated heterocycles. The van der Waals surface area contributed by atoms with Gasteiger partial charge in [0.05, 0.1) is 12.1 Å². The molecule has 0 N–H and O–H groups in total. The summed E-state index contributed by atoms with van der Waals surface area (Å²) in [6, 6.07) is 6.17. The van der Waals surface area contributed by atoms with E-state index in [-0.39, 0.29) is 0 Å². The van der Waals surface area contributed by atoms with E-state index in [1.54, 1.807) is 0 Å². The van der Waals surface area contributed by atoms with Crippen LogP contribution < -0.4 is 0 Å². The highest BCUT2D eigenvalue weighted by atomic mass is 15.3. The SMILES string of the molecule is C=CCc1cccc2c1[c]nn2CC=C. The van der Waals surface area contributed by atoms with E-state index in [2.05, 4.69) is 36.6 Å². The van der Waals surface area contributed by atoms with Crippen molar-refractivity contribution in [3.63, 3.8) is 0 Å². The molecule has 2 heteroatoms. The summed E-state index contributed by atoms with van der Waals surface area (Å²) in [4.78, 5) is 0. The Balaban J connectivity index is 2.57. The zero-order valence-electron chi connectivity index (χ0n) is 8.61. The molecule has 2 rings (SSSR count). The normalized spacial score (nSPS) is 10.4. The fourth-order valence-corrected chi connectivity index (χ4v) is 1.68. The summed E-state index contributed by atoms with van der Waals surface area (Å²) >= 11 is 0. The molecule has 1 aromatic heterocycles. The van der Waals surface area contributed by atoms with E-state index < -0.39 is 0 Å². The van der Waals surface area contributed by atoms with Crippen molar-refractivity contribution in [1.29, 1.82) is 0 Å². The second-order valence-electron chi connectivity index (χ2n) is 3.39. The average molecular weight is 197 g/mol. The van der Waals surface area contributed by atoms with Gasteiger partial charge in [0.1, 0.15) is 6.20 Å². The summed E-state index contributed by atoms with van der Waals surface area (Å²) < 4.78 is 1.90. The second kappa shape index (κ2) is 4.13. The first-order valence-corrected chi connectivity index (χ1v) is 4.94. The van der Waals surface area contributed by atoms with Crippen molar-refractivity contribution in [3.8, 4) is 0 Å². The van der Waals surface area contributed by atoms with Crippen LogP contribution in [0.15, 0.2) is 43.5 Å². The van der Waals surface area contributed by atoms with E-state index in [0.29, 0.717) is 0 Å². The zero-order valence-corrected chi connectivity index (χ0v) is 8.61. The summed E-state index contributed by atoms with van der Waals surface area (Å²) in [5, 5.41) is 5.30. The van der Waals surface area contributed by atoms with Crippen LogP contribution in [0.4, 0.5) is 0 Å². The Hall–Kier alpha value is -1.83. The van der Waals surface area contributed by atoms with E-state index in [0.717, 1.165) is 23.9 Å². The summed E-state index contributed by atoms with van der Waals surface area (Å²) in [5.41, 5.74) is 2.33. The fourth-order valence-electron chi connectivity index (χ4n) is 1.68. The van der Waals surface area contributed by atoms with Crippen molar-refractivity contribution in [2.75, 3.05) is 0 Å². The van der Waals surface area contributed by atoms with Crippen LogP contribution in [0, 0.1) is 6.20 Å². The van der Waals surface area contributed by atoms with Crippen molar-refractivity contribution in [1.82, 2.24) is 9.78 Å². The van der Waals surface area contributed by atoms with Gasteiger partial charge >= 0.3 is 0 Å². The van der Waals surface area contributed by atoms with E-state index >= 15 is 0 Å². The number of rotatable bonds is 4. The van der Waals surface area contributed by atoms with Gasteiger partial charge in [0.25, 0.3) is 0 Å². The molecule has 0 amide bonds. The van der Waals surface area contributed by atoms with Gasteiger partial charge in [-0.05, 0) is 18.1 Å². The van der Waals surface area contributed by atoms with Gasteiger partial charge in [0, 0.05) is 5.39 Å². The quantitative estimate of drug-likeness (QED) is 0.689. The van der Waals surface area contributed by atoms with Crippen molar-refractivity contribution < 1.29 is 0 Å². The Labute approximate surface area is 89.5 Å². The summed E-state index contributed by atoms with van der Waals surface area (Å²) in [6.07, 6.45) is 7.63.